The van der Waals surface area contributed by atoms with Crippen molar-refractivity contribution in [2.24, 2.45) is 0 Å². The molecule has 0 bridgehead atoms. The minimum Gasteiger partial charge on any atom is -0.384 e. The van der Waals surface area contributed by atoms with Gasteiger partial charge in [0.05, 0.1) is 19.8 Å². The summed E-state index contributed by atoms with van der Waals surface area (Å²) in [7, 11) is 1.76. The second kappa shape index (κ2) is 10.9. The molecule has 0 spiro atoms. The summed E-state index contributed by atoms with van der Waals surface area (Å²) >= 11 is 0. The molecule has 0 atom stereocenters. The van der Waals surface area contributed by atoms with Crippen LogP contribution in [-0.2, 0) is 15.9 Å². The van der Waals surface area contributed by atoms with Crippen LogP contribution in [0.15, 0.2) is 30.3 Å². The standard InChI is InChI=1S/C13H16O.C10H19NO/c1-14-10-9-12-7-4-6-11-5-2-3-8-13(11)12;1-2-4-10(5-3-1)11-6-8-12-9-7-11/h2-3,5,7-8H,4,6,9-10H2,1H3;10H,1-9H2. The monoisotopic (exact) mass is 357 g/mol. The average Bonchev–Trinajstić information content (AvgIpc) is 2.74. The summed E-state index contributed by atoms with van der Waals surface area (Å²) in [5, 5.41) is 0. The molecule has 2 aliphatic carbocycles. The largest absolute Gasteiger partial charge is 0.384 e. The van der Waals surface area contributed by atoms with E-state index in [-0.39, 0.29) is 0 Å². The predicted octanol–water partition coefficient (Wildman–Crippen LogP) is 4.70. The zero-order valence-electron chi connectivity index (χ0n) is 16.4. The van der Waals surface area contributed by atoms with Gasteiger partial charge in [-0.2, -0.15) is 0 Å². The molecule has 1 heterocycles. The highest BCUT2D eigenvalue weighted by Crippen LogP contribution is 2.28. The fourth-order valence-electron chi connectivity index (χ4n) is 4.40. The van der Waals surface area contributed by atoms with Gasteiger partial charge in [-0.25, -0.2) is 0 Å². The van der Waals surface area contributed by atoms with Crippen LogP contribution in [0.1, 0.15) is 56.1 Å². The highest BCUT2D eigenvalue weighted by molar-refractivity contribution is 5.70. The Balaban J connectivity index is 0.000000152. The maximum absolute atomic E-state index is 5.35. The van der Waals surface area contributed by atoms with Crippen LogP contribution in [0.3, 0.4) is 0 Å². The molecule has 4 rings (SSSR count). The van der Waals surface area contributed by atoms with Gasteiger partial charge in [0.1, 0.15) is 0 Å². The number of benzene rings is 1. The molecule has 1 aromatic carbocycles. The van der Waals surface area contributed by atoms with Gasteiger partial charge in [-0.15, -0.1) is 0 Å². The van der Waals surface area contributed by atoms with Crippen molar-refractivity contribution in [3.05, 3.63) is 41.5 Å². The van der Waals surface area contributed by atoms with Gasteiger partial charge in [-0.05, 0) is 48.8 Å². The molecule has 3 aliphatic rings. The Morgan fingerprint density at radius 1 is 1.08 bits per heavy atom. The lowest BCUT2D eigenvalue weighted by molar-refractivity contribution is 0.00858. The summed E-state index contributed by atoms with van der Waals surface area (Å²) in [4.78, 5) is 2.63. The molecule has 3 nitrogen and oxygen atoms in total. The molecule has 1 saturated carbocycles. The van der Waals surface area contributed by atoms with Gasteiger partial charge in [0.25, 0.3) is 0 Å². The van der Waals surface area contributed by atoms with Gasteiger partial charge in [0.15, 0.2) is 0 Å². The number of methoxy groups -OCH3 is 1. The molecule has 1 aliphatic heterocycles. The second-order valence-electron chi connectivity index (χ2n) is 7.61. The van der Waals surface area contributed by atoms with Crippen LogP contribution in [0, 0.1) is 0 Å². The first-order valence-electron chi connectivity index (χ1n) is 10.5. The number of hydrogen-bond acceptors (Lipinski definition) is 3. The van der Waals surface area contributed by atoms with Gasteiger partial charge < -0.3 is 9.47 Å². The number of fused-ring (bicyclic) bond motifs is 1. The fourth-order valence-corrected chi connectivity index (χ4v) is 4.40. The Labute approximate surface area is 159 Å². The third-order valence-corrected chi connectivity index (χ3v) is 5.88. The van der Waals surface area contributed by atoms with E-state index in [0.29, 0.717) is 0 Å². The number of nitrogens with zero attached hydrogens (tertiary/aromatic N) is 1. The van der Waals surface area contributed by atoms with E-state index >= 15 is 0 Å². The lowest BCUT2D eigenvalue weighted by atomic mass is 9.89. The van der Waals surface area contributed by atoms with Crippen LogP contribution >= 0.6 is 0 Å². The maximum atomic E-state index is 5.35. The van der Waals surface area contributed by atoms with E-state index in [4.69, 9.17) is 9.47 Å². The van der Waals surface area contributed by atoms with Gasteiger partial charge in [0.2, 0.25) is 0 Å². The fraction of sp³-hybridized carbons (Fsp3) is 0.652. The molecule has 0 amide bonds. The molecule has 3 heteroatoms. The number of ether oxygens (including phenoxy) is 2. The summed E-state index contributed by atoms with van der Waals surface area (Å²) in [5.41, 5.74) is 4.37. The summed E-state index contributed by atoms with van der Waals surface area (Å²) in [6, 6.07) is 9.58. The number of rotatable bonds is 4. The van der Waals surface area contributed by atoms with E-state index < -0.39 is 0 Å². The molecule has 0 unspecified atom stereocenters. The van der Waals surface area contributed by atoms with E-state index in [2.05, 4.69) is 35.2 Å². The van der Waals surface area contributed by atoms with E-state index in [1.54, 1.807) is 7.11 Å². The highest BCUT2D eigenvalue weighted by atomic mass is 16.5. The first-order valence-corrected chi connectivity index (χ1v) is 10.5. The maximum Gasteiger partial charge on any atom is 0.0594 e. The third-order valence-electron chi connectivity index (χ3n) is 5.88. The molecule has 1 aromatic rings. The molecule has 0 aromatic heterocycles. The second-order valence-corrected chi connectivity index (χ2v) is 7.61. The quantitative estimate of drug-likeness (QED) is 0.779. The average molecular weight is 358 g/mol. The number of aryl methyl sites for hydroxylation is 1. The Kier molecular flexibility index (Phi) is 8.19. The minimum atomic E-state index is 0.820. The topological polar surface area (TPSA) is 21.7 Å². The highest BCUT2D eigenvalue weighted by Gasteiger charge is 2.22. The van der Waals surface area contributed by atoms with Crippen LogP contribution < -0.4 is 0 Å². The summed E-state index contributed by atoms with van der Waals surface area (Å²) in [6.07, 6.45) is 13.0. The van der Waals surface area contributed by atoms with Crippen molar-refractivity contribution in [1.82, 2.24) is 4.90 Å². The first kappa shape index (κ1) is 19.6. The van der Waals surface area contributed by atoms with E-state index in [0.717, 1.165) is 32.3 Å². The van der Waals surface area contributed by atoms with Gasteiger partial charge >= 0.3 is 0 Å². The normalized spacial score (nSPS) is 21.3. The van der Waals surface area contributed by atoms with Crippen LogP contribution in [0.4, 0.5) is 0 Å². The van der Waals surface area contributed by atoms with Crippen molar-refractivity contribution in [3.8, 4) is 0 Å². The summed E-state index contributed by atoms with van der Waals surface area (Å²) in [6.45, 7) is 5.07. The molecule has 26 heavy (non-hydrogen) atoms. The molecule has 0 N–H and O–H groups in total. The first-order chi connectivity index (χ1) is 12.9. The number of allylic oxidation sites excluding steroid dienone is 1. The lowest BCUT2D eigenvalue weighted by Gasteiger charge is -2.36. The zero-order valence-corrected chi connectivity index (χ0v) is 16.4. The Bertz CT molecular complexity index is 541. The van der Waals surface area contributed by atoms with Gasteiger partial charge in [0, 0.05) is 26.2 Å². The molecule has 144 valence electrons. The molecular weight excluding hydrogens is 322 g/mol. The van der Waals surface area contributed by atoms with Crippen molar-refractivity contribution in [1.29, 1.82) is 0 Å². The molecule has 1 saturated heterocycles. The number of hydrogen-bond donors (Lipinski definition) is 0. The van der Waals surface area contributed by atoms with Gasteiger partial charge in [-0.1, -0.05) is 49.6 Å². The predicted molar refractivity (Wildman–Crippen MR) is 108 cm³/mol. The summed E-state index contributed by atoms with van der Waals surface area (Å²) in [5.74, 6) is 0. The third kappa shape index (κ3) is 5.67. The van der Waals surface area contributed by atoms with Crippen LogP contribution in [-0.4, -0.2) is 51.0 Å². The van der Waals surface area contributed by atoms with Crippen molar-refractivity contribution >= 4 is 5.57 Å². The summed E-state index contributed by atoms with van der Waals surface area (Å²) < 4.78 is 10.5. The minimum absolute atomic E-state index is 0.820. The van der Waals surface area contributed by atoms with Gasteiger partial charge in [-0.3, -0.25) is 4.90 Å². The van der Waals surface area contributed by atoms with E-state index in [1.165, 1.54) is 74.7 Å². The van der Waals surface area contributed by atoms with E-state index in [9.17, 15) is 0 Å². The smallest absolute Gasteiger partial charge is 0.0594 e. The van der Waals surface area contributed by atoms with Crippen LogP contribution in [0.2, 0.25) is 0 Å². The molecular formula is C23H35NO2. The van der Waals surface area contributed by atoms with E-state index in [1.807, 2.05) is 0 Å². The van der Waals surface area contributed by atoms with Crippen molar-refractivity contribution in [3.63, 3.8) is 0 Å². The molecule has 2 fully saturated rings. The van der Waals surface area contributed by atoms with Crippen LogP contribution in [0.5, 0.6) is 0 Å². The van der Waals surface area contributed by atoms with Crippen molar-refractivity contribution < 1.29 is 9.47 Å². The lowest BCUT2D eigenvalue weighted by Crippen LogP contribution is -2.44. The van der Waals surface area contributed by atoms with Crippen molar-refractivity contribution in [2.75, 3.05) is 40.0 Å². The Morgan fingerprint density at radius 3 is 2.62 bits per heavy atom. The van der Waals surface area contributed by atoms with Crippen LogP contribution in [0.25, 0.3) is 5.57 Å². The van der Waals surface area contributed by atoms with Crippen molar-refractivity contribution in [2.45, 2.75) is 57.4 Å². The Morgan fingerprint density at radius 2 is 1.85 bits per heavy atom. The zero-order chi connectivity index (χ0) is 18.0. The number of morpholine rings is 1. The SMILES string of the molecule is C1CCC(N2CCOCC2)CC1.COCCC1=CCCc2ccccc21. The molecule has 0 radical (unpaired) electrons. The Hall–Kier alpha value is -1.16.